The Bertz CT molecular complexity index is 569. The number of hydrogen-bond donors (Lipinski definition) is 1. The molecule has 0 aliphatic carbocycles. The minimum absolute atomic E-state index is 0.0668. The fraction of sp³-hybridized carbons (Fsp3) is 0.438. The van der Waals surface area contributed by atoms with Crippen LogP contribution in [0.15, 0.2) is 34.7 Å². The molecule has 0 radical (unpaired) electrons. The van der Waals surface area contributed by atoms with Gasteiger partial charge < -0.3 is 14.3 Å². The topological polar surface area (TPSA) is 85.5 Å². The maximum Gasteiger partial charge on any atom is 0.241 e. The van der Waals surface area contributed by atoms with E-state index in [9.17, 15) is 4.79 Å². The van der Waals surface area contributed by atoms with Gasteiger partial charge in [0, 0.05) is 6.42 Å². The molecule has 118 valence electrons. The number of ketones is 1. The standard InChI is InChI=1S/C16H20N2O4/c19-12-16-18-17-15(22-16)11-13(20)7-3-2-6-10-21-14-8-4-1-5-9-14/h1,4-5,8-9,19H,2-3,6-7,10-12H2. The number of nitrogens with zero attached hydrogens (tertiary/aromatic N) is 2. The van der Waals surface area contributed by atoms with Gasteiger partial charge in [0.05, 0.1) is 13.0 Å². The highest BCUT2D eigenvalue weighted by atomic mass is 16.5. The van der Waals surface area contributed by atoms with Crippen LogP contribution in [0.1, 0.15) is 37.5 Å². The second kappa shape index (κ2) is 8.94. The zero-order chi connectivity index (χ0) is 15.6. The van der Waals surface area contributed by atoms with Crippen molar-refractivity contribution in [2.24, 2.45) is 0 Å². The lowest BCUT2D eigenvalue weighted by Gasteiger charge is -2.05. The van der Waals surface area contributed by atoms with Crippen LogP contribution in [0.25, 0.3) is 0 Å². The fourth-order valence-corrected chi connectivity index (χ4v) is 1.99. The number of aromatic nitrogens is 2. The van der Waals surface area contributed by atoms with Crippen LogP contribution in [0.3, 0.4) is 0 Å². The van der Waals surface area contributed by atoms with Crippen molar-refractivity contribution in [2.45, 2.75) is 38.7 Å². The van der Waals surface area contributed by atoms with E-state index in [-0.39, 0.29) is 30.6 Å². The molecular weight excluding hydrogens is 284 g/mol. The summed E-state index contributed by atoms with van der Waals surface area (Å²) in [6.07, 6.45) is 3.29. The summed E-state index contributed by atoms with van der Waals surface area (Å²) in [5.41, 5.74) is 0. The number of rotatable bonds is 10. The maximum atomic E-state index is 11.7. The molecule has 1 heterocycles. The number of Topliss-reactive ketones (excluding diaryl/α,β-unsaturated/α-hetero) is 1. The Morgan fingerprint density at radius 3 is 2.59 bits per heavy atom. The molecule has 0 aliphatic heterocycles. The summed E-state index contributed by atoms with van der Waals surface area (Å²) in [7, 11) is 0. The average Bonchev–Trinajstić information content (AvgIpc) is 2.99. The molecule has 1 aromatic carbocycles. The van der Waals surface area contributed by atoms with Crippen LogP contribution in [-0.4, -0.2) is 27.7 Å². The molecule has 0 spiro atoms. The number of aliphatic hydroxyl groups is 1. The Labute approximate surface area is 129 Å². The average molecular weight is 304 g/mol. The zero-order valence-corrected chi connectivity index (χ0v) is 12.4. The molecule has 1 aromatic heterocycles. The Morgan fingerprint density at radius 2 is 1.86 bits per heavy atom. The summed E-state index contributed by atoms with van der Waals surface area (Å²) < 4.78 is 10.7. The van der Waals surface area contributed by atoms with Gasteiger partial charge in [0.25, 0.3) is 0 Å². The molecule has 22 heavy (non-hydrogen) atoms. The van der Waals surface area contributed by atoms with Crippen molar-refractivity contribution in [1.82, 2.24) is 10.2 Å². The summed E-state index contributed by atoms with van der Waals surface area (Å²) in [5.74, 6) is 1.34. The molecule has 1 N–H and O–H groups in total. The Hall–Kier alpha value is -2.21. The summed E-state index contributed by atoms with van der Waals surface area (Å²) in [5, 5.41) is 16.1. The van der Waals surface area contributed by atoms with Crippen molar-refractivity contribution in [1.29, 1.82) is 0 Å². The fourth-order valence-electron chi connectivity index (χ4n) is 1.99. The minimum atomic E-state index is -0.303. The molecule has 0 saturated carbocycles. The predicted molar refractivity (Wildman–Crippen MR) is 79.3 cm³/mol. The molecule has 0 unspecified atom stereocenters. The number of aliphatic hydroxyl groups excluding tert-OH is 1. The largest absolute Gasteiger partial charge is 0.494 e. The SMILES string of the molecule is O=C(CCCCCOc1ccccc1)Cc1nnc(CO)o1. The second-order valence-corrected chi connectivity index (χ2v) is 4.94. The number of unbranched alkanes of at least 4 members (excludes halogenated alkanes) is 2. The number of carbonyl (C=O) groups is 1. The molecule has 0 saturated heterocycles. The van der Waals surface area contributed by atoms with Gasteiger partial charge in [0.2, 0.25) is 11.8 Å². The van der Waals surface area contributed by atoms with E-state index < -0.39 is 0 Å². The van der Waals surface area contributed by atoms with Crippen LogP contribution in [0.2, 0.25) is 0 Å². The molecular formula is C16H20N2O4. The van der Waals surface area contributed by atoms with E-state index in [0.717, 1.165) is 25.0 Å². The van der Waals surface area contributed by atoms with Gasteiger partial charge in [-0.1, -0.05) is 18.2 Å². The molecule has 0 fully saturated rings. The van der Waals surface area contributed by atoms with E-state index in [1.807, 2.05) is 30.3 Å². The molecule has 0 atom stereocenters. The van der Waals surface area contributed by atoms with Gasteiger partial charge in [-0.15, -0.1) is 10.2 Å². The van der Waals surface area contributed by atoms with Crippen LogP contribution in [0.5, 0.6) is 5.75 Å². The van der Waals surface area contributed by atoms with E-state index in [4.69, 9.17) is 14.3 Å². The van der Waals surface area contributed by atoms with E-state index in [1.54, 1.807) is 0 Å². The van der Waals surface area contributed by atoms with Gasteiger partial charge in [-0.3, -0.25) is 4.79 Å². The maximum absolute atomic E-state index is 11.7. The summed E-state index contributed by atoms with van der Waals surface area (Å²) in [4.78, 5) is 11.7. The van der Waals surface area contributed by atoms with Crippen LogP contribution in [-0.2, 0) is 17.8 Å². The van der Waals surface area contributed by atoms with Crippen LogP contribution < -0.4 is 4.74 Å². The van der Waals surface area contributed by atoms with Crippen molar-refractivity contribution in [3.63, 3.8) is 0 Å². The first-order valence-electron chi connectivity index (χ1n) is 7.39. The molecule has 6 heteroatoms. The zero-order valence-electron chi connectivity index (χ0n) is 12.4. The number of carbonyl (C=O) groups excluding carboxylic acids is 1. The molecule has 6 nitrogen and oxygen atoms in total. The van der Waals surface area contributed by atoms with Crippen LogP contribution >= 0.6 is 0 Å². The lowest BCUT2D eigenvalue weighted by Crippen LogP contribution is -2.03. The third-order valence-corrected chi connectivity index (χ3v) is 3.10. The van der Waals surface area contributed by atoms with Crippen molar-refractivity contribution in [2.75, 3.05) is 6.61 Å². The third kappa shape index (κ3) is 5.65. The number of benzene rings is 1. The van der Waals surface area contributed by atoms with Crippen molar-refractivity contribution < 1.29 is 19.1 Å². The van der Waals surface area contributed by atoms with Gasteiger partial charge in [-0.05, 0) is 31.4 Å². The first-order chi connectivity index (χ1) is 10.8. The van der Waals surface area contributed by atoms with Crippen LogP contribution in [0.4, 0.5) is 0 Å². The second-order valence-electron chi connectivity index (χ2n) is 4.94. The molecule has 2 aromatic rings. The normalized spacial score (nSPS) is 10.6. The number of para-hydroxylation sites is 1. The van der Waals surface area contributed by atoms with Crippen molar-refractivity contribution in [3.8, 4) is 5.75 Å². The number of hydrogen-bond acceptors (Lipinski definition) is 6. The highest BCUT2D eigenvalue weighted by Crippen LogP contribution is 2.10. The van der Waals surface area contributed by atoms with Gasteiger partial charge >= 0.3 is 0 Å². The van der Waals surface area contributed by atoms with E-state index in [0.29, 0.717) is 13.0 Å². The van der Waals surface area contributed by atoms with Gasteiger partial charge in [-0.2, -0.15) is 0 Å². The predicted octanol–water partition coefficient (Wildman–Crippen LogP) is 2.31. The Kier molecular flexibility index (Phi) is 6.57. The molecule has 0 amide bonds. The molecule has 0 aliphatic rings. The molecule has 0 bridgehead atoms. The van der Waals surface area contributed by atoms with Crippen LogP contribution in [0, 0.1) is 0 Å². The highest BCUT2D eigenvalue weighted by Gasteiger charge is 2.10. The first-order valence-corrected chi connectivity index (χ1v) is 7.39. The summed E-state index contributed by atoms with van der Waals surface area (Å²) in [6, 6.07) is 9.68. The number of ether oxygens (including phenoxy) is 1. The Morgan fingerprint density at radius 1 is 1.09 bits per heavy atom. The lowest BCUT2D eigenvalue weighted by molar-refractivity contribution is -0.118. The van der Waals surface area contributed by atoms with E-state index in [1.165, 1.54) is 0 Å². The van der Waals surface area contributed by atoms with Gasteiger partial charge in [-0.25, -0.2) is 0 Å². The highest BCUT2D eigenvalue weighted by molar-refractivity contribution is 5.79. The van der Waals surface area contributed by atoms with Crippen molar-refractivity contribution >= 4 is 5.78 Å². The lowest BCUT2D eigenvalue weighted by atomic mass is 10.1. The van der Waals surface area contributed by atoms with Gasteiger partial charge in [0.15, 0.2) is 0 Å². The Balaban J connectivity index is 1.53. The molecule has 2 rings (SSSR count). The summed E-state index contributed by atoms with van der Waals surface area (Å²) >= 11 is 0. The monoisotopic (exact) mass is 304 g/mol. The van der Waals surface area contributed by atoms with Gasteiger partial charge in [0.1, 0.15) is 18.1 Å². The quantitative estimate of drug-likeness (QED) is 0.678. The van der Waals surface area contributed by atoms with Crippen molar-refractivity contribution in [3.05, 3.63) is 42.1 Å². The third-order valence-electron chi connectivity index (χ3n) is 3.10. The van der Waals surface area contributed by atoms with E-state index in [2.05, 4.69) is 10.2 Å². The summed E-state index contributed by atoms with van der Waals surface area (Å²) in [6.45, 7) is 0.352. The first kappa shape index (κ1) is 16.2. The van der Waals surface area contributed by atoms with E-state index >= 15 is 0 Å². The minimum Gasteiger partial charge on any atom is -0.494 e. The smallest absolute Gasteiger partial charge is 0.241 e.